The molecule has 2 aliphatic heterocycles. The molecule has 4 rings (SSSR count). The lowest BCUT2D eigenvalue weighted by Crippen LogP contribution is -2.59. The molecule has 0 aliphatic carbocycles. The molecule has 252 valence electrons. The van der Waals surface area contributed by atoms with E-state index in [1.54, 1.807) is 11.3 Å². The van der Waals surface area contributed by atoms with Crippen LogP contribution in [0.1, 0.15) is 38.4 Å². The maximum Gasteiger partial charge on any atom is 0.246 e. The number of likely N-dealkylation sites (tertiary alicyclic amines) is 1. The van der Waals surface area contributed by atoms with E-state index in [9.17, 15) is 24.3 Å². The van der Waals surface area contributed by atoms with Gasteiger partial charge in [0.2, 0.25) is 17.7 Å². The number of piperazine rings is 1. The first kappa shape index (κ1) is 35.6. The largest absolute Gasteiger partial charge is 0.391 e. The van der Waals surface area contributed by atoms with Gasteiger partial charge in [-0.15, -0.1) is 11.3 Å². The molecule has 1 aromatic carbocycles. The summed E-state index contributed by atoms with van der Waals surface area (Å²) in [5.41, 5.74) is 4.40. The number of rotatable bonds is 14. The highest BCUT2D eigenvalue weighted by Gasteiger charge is 2.44. The standard InChI is InChI=1S/C33H48N6O6S/c1-23-29(46-22-35-23)25-7-5-24(6-8-25)9-10-34-31(43)27-19-26(41)20-39(27)32(44)30(33(2,3)4)36-28(42)21-38-13-11-37(12-14-38)15-17-45-18-16-40/h5-8,16,22,26-27,30,41H,9-15,17-21H2,1-4H3,(H,34,43)(H,36,42)/t26-,27-,30+/m0/s1. The fraction of sp³-hybridized carbons (Fsp3) is 0.606. The Labute approximate surface area is 275 Å². The number of β-amino-alcohol motifs (C(OH)–C–C–N with tert-alkyl or cyclic N) is 1. The highest BCUT2D eigenvalue weighted by atomic mass is 32.1. The van der Waals surface area contributed by atoms with Crippen molar-refractivity contribution in [1.29, 1.82) is 0 Å². The van der Waals surface area contributed by atoms with Gasteiger partial charge in [0.05, 0.1) is 35.3 Å². The van der Waals surface area contributed by atoms with Crippen molar-refractivity contribution < 1.29 is 29.0 Å². The van der Waals surface area contributed by atoms with E-state index in [2.05, 4.69) is 32.7 Å². The molecule has 0 bridgehead atoms. The molecule has 3 amide bonds. The molecule has 0 spiro atoms. The summed E-state index contributed by atoms with van der Waals surface area (Å²) < 4.78 is 5.24. The predicted octanol–water partition coefficient (Wildman–Crippen LogP) is 1.10. The number of amides is 3. The number of thiazole rings is 1. The smallest absolute Gasteiger partial charge is 0.246 e. The zero-order valence-electron chi connectivity index (χ0n) is 27.4. The normalized spacial score (nSPS) is 20.0. The molecule has 2 fully saturated rings. The Morgan fingerprint density at radius 3 is 2.46 bits per heavy atom. The number of ether oxygens (including phenoxy) is 1. The lowest BCUT2D eigenvalue weighted by atomic mass is 9.85. The van der Waals surface area contributed by atoms with Crippen molar-refractivity contribution in [3.63, 3.8) is 0 Å². The van der Waals surface area contributed by atoms with Gasteiger partial charge in [-0.1, -0.05) is 45.0 Å². The van der Waals surface area contributed by atoms with Gasteiger partial charge in [-0.25, -0.2) is 4.98 Å². The van der Waals surface area contributed by atoms with Gasteiger partial charge in [-0.3, -0.25) is 24.2 Å². The van der Waals surface area contributed by atoms with Crippen molar-refractivity contribution in [2.24, 2.45) is 5.41 Å². The first-order valence-corrected chi connectivity index (χ1v) is 16.9. The third-order valence-corrected chi connectivity index (χ3v) is 9.51. The van der Waals surface area contributed by atoms with Gasteiger partial charge in [0.1, 0.15) is 25.0 Å². The summed E-state index contributed by atoms with van der Waals surface area (Å²) >= 11 is 1.61. The molecule has 12 nitrogen and oxygen atoms in total. The Hall–Kier alpha value is -3.23. The van der Waals surface area contributed by atoms with E-state index in [-0.39, 0.29) is 43.8 Å². The van der Waals surface area contributed by atoms with E-state index in [1.165, 1.54) is 4.90 Å². The average Bonchev–Trinajstić information content (AvgIpc) is 3.63. The van der Waals surface area contributed by atoms with Crippen LogP contribution in [0.2, 0.25) is 0 Å². The summed E-state index contributed by atoms with van der Waals surface area (Å²) in [5.74, 6) is -0.935. The molecule has 13 heteroatoms. The third kappa shape index (κ3) is 9.88. The molecule has 2 saturated heterocycles. The minimum absolute atomic E-state index is 0.0380. The summed E-state index contributed by atoms with van der Waals surface area (Å²) in [6.45, 7) is 12.5. The van der Waals surface area contributed by atoms with Crippen molar-refractivity contribution >= 4 is 35.3 Å². The van der Waals surface area contributed by atoms with E-state index >= 15 is 0 Å². The molecule has 3 N–H and O–H groups in total. The number of nitrogens with one attached hydrogen (secondary N) is 2. The number of aryl methyl sites for hydroxylation is 1. The molecule has 0 radical (unpaired) electrons. The van der Waals surface area contributed by atoms with Gasteiger partial charge in [0.25, 0.3) is 0 Å². The van der Waals surface area contributed by atoms with Gasteiger partial charge in [-0.2, -0.15) is 0 Å². The first-order valence-electron chi connectivity index (χ1n) is 16.0. The van der Waals surface area contributed by atoms with E-state index in [0.29, 0.717) is 32.7 Å². The molecule has 2 aliphatic rings. The summed E-state index contributed by atoms with van der Waals surface area (Å²) in [4.78, 5) is 61.9. The van der Waals surface area contributed by atoms with Crippen LogP contribution < -0.4 is 10.6 Å². The zero-order valence-corrected chi connectivity index (χ0v) is 28.2. The molecule has 1 aromatic heterocycles. The van der Waals surface area contributed by atoms with E-state index in [0.717, 1.165) is 47.6 Å². The summed E-state index contributed by atoms with van der Waals surface area (Å²) in [6.07, 6.45) is 0.690. The number of aromatic nitrogens is 1. The highest BCUT2D eigenvalue weighted by molar-refractivity contribution is 7.13. The lowest BCUT2D eigenvalue weighted by molar-refractivity contribution is -0.144. The SMILES string of the molecule is Cc1ncsc1-c1ccc(CCNC(=O)[C@@H]2C[C@H](O)CN2C(=O)[C@@H](NC(=O)CN2CCN(CCOCC=O)CC2)C(C)(C)C)cc1. The third-order valence-electron chi connectivity index (χ3n) is 8.53. The van der Waals surface area contributed by atoms with Crippen molar-refractivity contribution in [3.8, 4) is 10.4 Å². The molecule has 0 unspecified atom stereocenters. The van der Waals surface area contributed by atoms with Crippen molar-refractivity contribution in [2.45, 2.75) is 58.7 Å². The van der Waals surface area contributed by atoms with Crippen LogP contribution in [0.4, 0.5) is 0 Å². The number of hydrogen-bond donors (Lipinski definition) is 3. The molecule has 46 heavy (non-hydrogen) atoms. The number of nitrogens with zero attached hydrogens (tertiary/aromatic N) is 4. The van der Waals surface area contributed by atoms with E-state index in [4.69, 9.17) is 4.74 Å². The number of benzene rings is 1. The minimum Gasteiger partial charge on any atom is -0.391 e. The maximum absolute atomic E-state index is 13.9. The molecule has 0 saturated carbocycles. The number of hydrogen-bond acceptors (Lipinski definition) is 10. The van der Waals surface area contributed by atoms with Gasteiger partial charge in [0.15, 0.2) is 0 Å². The van der Waals surface area contributed by atoms with Gasteiger partial charge in [-0.05, 0) is 29.9 Å². The molecular weight excluding hydrogens is 608 g/mol. The second kappa shape index (κ2) is 16.6. The minimum atomic E-state index is -0.863. The van der Waals surface area contributed by atoms with E-state index in [1.807, 2.05) is 50.2 Å². The van der Waals surface area contributed by atoms with Crippen LogP contribution in [0.3, 0.4) is 0 Å². The van der Waals surface area contributed by atoms with E-state index < -0.39 is 23.6 Å². The predicted molar refractivity (Wildman–Crippen MR) is 176 cm³/mol. The summed E-state index contributed by atoms with van der Waals surface area (Å²) in [7, 11) is 0. The Kier molecular flexibility index (Phi) is 12.8. The quantitative estimate of drug-likeness (QED) is 0.201. The topological polar surface area (TPSA) is 144 Å². The van der Waals surface area contributed by atoms with Crippen molar-refractivity contribution in [1.82, 2.24) is 30.3 Å². The number of aliphatic hydroxyl groups is 1. The van der Waals surface area contributed by atoms with Gasteiger partial charge < -0.3 is 30.2 Å². The number of aliphatic hydroxyl groups excluding tert-OH is 1. The molecule has 3 atom stereocenters. The Balaban J connectivity index is 1.28. The van der Waals surface area contributed by atoms with Crippen molar-refractivity contribution in [2.75, 3.05) is 65.6 Å². The number of carbonyl (C=O) groups excluding carboxylic acids is 4. The molecule has 2 aromatic rings. The Bertz CT molecular complexity index is 1320. The van der Waals surface area contributed by atoms with Crippen molar-refractivity contribution in [3.05, 3.63) is 41.0 Å². The van der Waals surface area contributed by atoms with Crippen LogP contribution in [0.5, 0.6) is 0 Å². The Morgan fingerprint density at radius 2 is 1.83 bits per heavy atom. The lowest BCUT2D eigenvalue weighted by Gasteiger charge is -2.37. The van der Waals surface area contributed by atoms with Gasteiger partial charge >= 0.3 is 0 Å². The van der Waals surface area contributed by atoms with Crippen LogP contribution in [0.25, 0.3) is 10.4 Å². The first-order chi connectivity index (χ1) is 22.0. The van der Waals surface area contributed by atoms with Crippen LogP contribution in [-0.4, -0.2) is 133 Å². The fourth-order valence-corrected chi connectivity index (χ4v) is 6.69. The summed E-state index contributed by atoms with van der Waals surface area (Å²) in [6, 6.07) is 6.52. The zero-order chi connectivity index (χ0) is 33.3. The molecular formula is C33H48N6O6S. The summed E-state index contributed by atoms with van der Waals surface area (Å²) in [5, 5.41) is 16.4. The van der Waals surface area contributed by atoms with Crippen LogP contribution in [0.15, 0.2) is 29.8 Å². The van der Waals surface area contributed by atoms with Crippen LogP contribution in [0, 0.1) is 12.3 Å². The van der Waals surface area contributed by atoms with Gasteiger partial charge in [0, 0.05) is 52.2 Å². The maximum atomic E-state index is 13.9. The Morgan fingerprint density at radius 1 is 1.13 bits per heavy atom. The second-order valence-electron chi connectivity index (χ2n) is 13.1. The number of carbonyl (C=O) groups is 4. The average molecular weight is 657 g/mol. The number of aldehydes is 1. The van der Waals surface area contributed by atoms with Crippen LogP contribution in [-0.2, 0) is 30.3 Å². The highest BCUT2D eigenvalue weighted by Crippen LogP contribution is 2.28. The molecule has 3 heterocycles. The monoisotopic (exact) mass is 656 g/mol. The van der Waals surface area contributed by atoms with Crippen LogP contribution >= 0.6 is 11.3 Å². The second-order valence-corrected chi connectivity index (χ2v) is 14.0. The fourth-order valence-electron chi connectivity index (χ4n) is 5.88.